The number of nitrogens with two attached hydrogens (primary N) is 1. The Balaban J connectivity index is 1.53. The van der Waals surface area contributed by atoms with E-state index in [1.165, 1.54) is 12.1 Å². The second-order valence-corrected chi connectivity index (χ2v) is 8.97. The maximum atomic E-state index is 12.8. The Morgan fingerprint density at radius 3 is 2.30 bits per heavy atom. The summed E-state index contributed by atoms with van der Waals surface area (Å²) in [5.74, 6) is 1.30. The van der Waals surface area contributed by atoms with Gasteiger partial charge in [0.15, 0.2) is 17.3 Å². The van der Waals surface area contributed by atoms with Crippen molar-refractivity contribution in [1.82, 2.24) is 9.80 Å². The third-order valence-corrected chi connectivity index (χ3v) is 6.46. The number of ether oxygens (including phenoxy) is 2. The molecule has 33 heavy (non-hydrogen) atoms. The van der Waals surface area contributed by atoms with Crippen LogP contribution in [0.4, 0.5) is 5.69 Å². The van der Waals surface area contributed by atoms with Crippen LogP contribution in [0.3, 0.4) is 0 Å². The van der Waals surface area contributed by atoms with Gasteiger partial charge in [0.05, 0.1) is 42.9 Å². The zero-order valence-corrected chi connectivity index (χ0v) is 20.6. The molecular formula is C24H29Cl2N3O4. The Morgan fingerprint density at radius 2 is 1.70 bits per heavy atom. The second-order valence-electron chi connectivity index (χ2n) is 8.15. The maximum absolute atomic E-state index is 12.8. The van der Waals surface area contributed by atoms with Crippen LogP contribution in [-0.4, -0.2) is 68.9 Å². The molecule has 0 atom stereocenters. The lowest BCUT2D eigenvalue weighted by molar-refractivity contribution is -0.130. The molecule has 178 valence electrons. The smallest absolute Gasteiger partial charge is 0.227 e. The van der Waals surface area contributed by atoms with Gasteiger partial charge in [0.2, 0.25) is 5.91 Å². The summed E-state index contributed by atoms with van der Waals surface area (Å²) in [7, 11) is 5.07. The number of hydrogen-bond donors (Lipinski definition) is 1. The monoisotopic (exact) mass is 493 g/mol. The number of amides is 1. The van der Waals surface area contributed by atoms with Crippen LogP contribution < -0.4 is 15.2 Å². The van der Waals surface area contributed by atoms with Gasteiger partial charge in [-0.05, 0) is 61.8 Å². The number of nitrogen functional groups attached to an aromatic ring is 1. The van der Waals surface area contributed by atoms with E-state index >= 15 is 0 Å². The van der Waals surface area contributed by atoms with Gasteiger partial charge in [-0.3, -0.25) is 14.5 Å². The molecule has 9 heteroatoms. The summed E-state index contributed by atoms with van der Waals surface area (Å²) in [6.07, 6.45) is 1.85. The molecule has 0 radical (unpaired) electrons. The minimum absolute atomic E-state index is 0.0888. The number of rotatable bonds is 9. The van der Waals surface area contributed by atoms with Gasteiger partial charge in [-0.1, -0.05) is 23.2 Å². The largest absolute Gasteiger partial charge is 0.493 e. The quantitative estimate of drug-likeness (QED) is 0.423. The number of anilines is 1. The molecule has 0 unspecified atom stereocenters. The second kappa shape index (κ2) is 11.1. The first kappa shape index (κ1) is 25.1. The highest BCUT2D eigenvalue weighted by atomic mass is 35.5. The van der Waals surface area contributed by atoms with Crippen molar-refractivity contribution < 1.29 is 19.1 Å². The van der Waals surface area contributed by atoms with Crippen LogP contribution >= 0.6 is 23.2 Å². The van der Waals surface area contributed by atoms with E-state index in [0.29, 0.717) is 43.1 Å². The highest BCUT2D eigenvalue weighted by Gasteiger charge is 2.22. The number of likely N-dealkylation sites (N-methyl/N-ethyl adjacent to an activating group) is 1. The molecule has 0 saturated carbocycles. The van der Waals surface area contributed by atoms with Gasteiger partial charge >= 0.3 is 0 Å². The Hall–Kier alpha value is -2.48. The molecule has 7 nitrogen and oxygen atoms in total. The third kappa shape index (κ3) is 6.10. The number of carbonyl (C=O) groups is 2. The van der Waals surface area contributed by atoms with Crippen molar-refractivity contribution in [1.29, 1.82) is 0 Å². The van der Waals surface area contributed by atoms with Crippen LogP contribution in [0, 0.1) is 0 Å². The number of methoxy groups -OCH3 is 2. The minimum Gasteiger partial charge on any atom is -0.493 e. The van der Waals surface area contributed by atoms with Gasteiger partial charge in [-0.15, -0.1) is 0 Å². The average Bonchev–Trinajstić information content (AvgIpc) is 2.93. The number of fused-ring (bicyclic) bond motifs is 1. The maximum Gasteiger partial charge on any atom is 0.227 e. The van der Waals surface area contributed by atoms with E-state index in [-0.39, 0.29) is 34.0 Å². The summed E-state index contributed by atoms with van der Waals surface area (Å²) in [5, 5.41) is 0.536. The van der Waals surface area contributed by atoms with Gasteiger partial charge in [0.1, 0.15) is 0 Å². The lowest BCUT2D eigenvalue weighted by Crippen LogP contribution is -2.35. The van der Waals surface area contributed by atoms with Crippen molar-refractivity contribution in [2.45, 2.75) is 19.3 Å². The number of Topliss-reactive ketones (excluding diaryl/α,β-unsaturated/α-hetero) is 1. The molecule has 1 aliphatic heterocycles. The zero-order valence-electron chi connectivity index (χ0n) is 19.1. The normalized spacial score (nSPS) is 13.6. The average molecular weight is 494 g/mol. The molecule has 0 aliphatic carbocycles. The van der Waals surface area contributed by atoms with E-state index in [1.807, 2.05) is 29.0 Å². The molecule has 0 aromatic heterocycles. The summed E-state index contributed by atoms with van der Waals surface area (Å²) in [6.45, 7) is 2.15. The highest BCUT2D eigenvalue weighted by molar-refractivity contribution is 6.39. The van der Waals surface area contributed by atoms with Crippen LogP contribution in [0.5, 0.6) is 11.5 Å². The number of carbonyl (C=O) groups excluding carboxylic acids is 2. The fourth-order valence-electron chi connectivity index (χ4n) is 3.94. The SMILES string of the molecule is COc1cc2c(cc1OC)CC(=O)N(CCCN(C)CC(=O)c1cc(Cl)c(N)c(Cl)c1)CC2. The van der Waals surface area contributed by atoms with Crippen LogP contribution in [0.25, 0.3) is 0 Å². The topological polar surface area (TPSA) is 85.1 Å². The van der Waals surface area contributed by atoms with Crippen molar-refractivity contribution in [3.05, 3.63) is 51.0 Å². The van der Waals surface area contributed by atoms with Crippen molar-refractivity contribution in [2.24, 2.45) is 0 Å². The van der Waals surface area contributed by atoms with E-state index in [4.69, 9.17) is 38.4 Å². The molecule has 1 heterocycles. The first-order valence-corrected chi connectivity index (χ1v) is 11.5. The highest BCUT2D eigenvalue weighted by Crippen LogP contribution is 2.32. The third-order valence-electron chi connectivity index (χ3n) is 5.83. The predicted molar refractivity (Wildman–Crippen MR) is 131 cm³/mol. The van der Waals surface area contributed by atoms with Crippen molar-refractivity contribution in [3.63, 3.8) is 0 Å². The van der Waals surface area contributed by atoms with Gasteiger partial charge in [0.25, 0.3) is 0 Å². The van der Waals surface area contributed by atoms with Gasteiger partial charge in [-0.25, -0.2) is 0 Å². The zero-order chi connectivity index (χ0) is 24.1. The number of nitrogens with zero attached hydrogens (tertiary/aromatic N) is 2. The lowest BCUT2D eigenvalue weighted by Gasteiger charge is -2.22. The summed E-state index contributed by atoms with van der Waals surface area (Å²) in [6, 6.07) is 6.93. The standard InChI is InChI=1S/C24H29Cl2N3O4/c1-28(14-20(30)17-9-18(25)24(27)19(26)10-17)6-4-7-29-8-5-15-11-21(32-2)22(33-3)12-16(15)13-23(29)31/h9-12H,4-8,13-14,27H2,1-3H3. The van der Waals surface area contributed by atoms with Crippen LogP contribution in [0.15, 0.2) is 24.3 Å². The van der Waals surface area contributed by atoms with Crippen LogP contribution in [-0.2, 0) is 17.6 Å². The first-order chi connectivity index (χ1) is 15.7. The summed E-state index contributed by atoms with van der Waals surface area (Å²) in [5.41, 5.74) is 8.51. The Labute approximate surface area is 204 Å². The molecule has 2 aromatic rings. The van der Waals surface area contributed by atoms with Crippen molar-refractivity contribution >= 4 is 40.6 Å². The van der Waals surface area contributed by atoms with E-state index in [1.54, 1.807) is 14.2 Å². The summed E-state index contributed by atoms with van der Waals surface area (Å²) in [4.78, 5) is 29.2. The lowest BCUT2D eigenvalue weighted by atomic mass is 10.0. The molecule has 0 spiro atoms. The van der Waals surface area contributed by atoms with Crippen LogP contribution in [0.1, 0.15) is 27.9 Å². The van der Waals surface area contributed by atoms with Gasteiger partial charge < -0.3 is 20.1 Å². The van der Waals surface area contributed by atoms with Crippen molar-refractivity contribution in [3.8, 4) is 11.5 Å². The molecule has 0 bridgehead atoms. The molecule has 1 aliphatic rings. The Bertz CT molecular complexity index is 1020. The Morgan fingerprint density at radius 1 is 1.09 bits per heavy atom. The first-order valence-electron chi connectivity index (χ1n) is 10.7. The predicted octanol–water partition coefficient (Wildman–Crippen LogP) is 3.72. The van der Waals surface area contributed by atoms with Crippen molar-refractivity contribution in [2.75, 3.05) is 53.2 Å². The summed E-state index contributed by atoms with van der Waals surface area (Å²) < 4.78 is 10.8. The molecule has 1 amide bonds. The molecule has 2 N–H and O–H groups in total. The number of hydrogen-bond acceptors (Lipinski definition) is 6. The molecule has 3 rings (SSSR count). The van der Waals surface area contributed by atoms with E-state index in [2.05, 4.69) is 0 Å². The molecular weight excluding hydrogens is 465 g/mol. The number of benzene rings is 2. The summed E-state index contributed by atoms with van der Waals surface area (Å²) >= 11 is 12.1. The van der Waals surface area contributed by atoms with E-state index in [9.17, 15) is 9.59 Å². The number of halogens is 2. The van der Waals surface area contributed by atoms with Gasteiger partial charge in [-0.2, -0.15) is 0 Å². The molecule has 0 fully saturated rings. The fraction of sp³-hybridized carbons (Fsp3) is 0.417. The number of ketones is 1. The van der Waals surface area contributed by atoms with Crippen LogP contribution in [0.2, 0.25) is 10.0 Å². The van der Waals surface area contributed by atoms with E-state index < -0.39 is 0 Å². The Kier molecular flexibility index (Phi) is 8.46. The van der Waals surface area contributed by atoms with E-state index in [0.717, 1.165) is 24.0 Å². The molecule has 2 aromatic carbocycles. The van der Waals surface area contributed by atoms with Gasteiger partial charge in [0, 0.05) is 18.7 Å². The fourth-order valence-corrected chi connectivity index (χ4v) is 4.43. The molecule has 0 saturated heterocycles. The minimum atomic E-state index is -0.0921.